The molecule has 0 saturated heterocycles. The van der Waals surface area contributed by atoms with Crippen molar-refractivity contribution in [3.8, 4) is 0 Å². The molecule has 5 heteroatoms. The normalized spacial score (nSPS) is 9.62. The summed E-state index contributed by atoms with van der Waals surface area (Å²) in [6.07, 6.45) is 1.29. The highest BCUT2D eigenvalue weighted by atomic mass is 16.4. The van der Waals surface area contributed by atoms with Crippen LogP contribution >= 0.6 is 0 Å². The van der Waals surface area contributed by atoms with E-state index in [1.54, 1.807) is 0 Å². The van der Waals surface area contributed by atoms with Crippen molar-refractivity contribution < 1.29 is 15.0 Å². The Morgan fingerprint density at radius 3 is 2.85 bits per heavy atom. The average Bonchev–Trinajstić information content (AvgIpc) is 2.17. The van der Waals surface area contributed by atoms with Gasteiger partial charge in [-0.3, -0.25) is 4.98 Å². The third-order valence-corrected chi connectivity index (χ3v) is 1.47. The molecule has 0 unspecified atom stereocenters. The van der Waals surface area contributed by atoms with Crippen LogP contribution in [0.3, 0.4) is 0 Å². The molecule has 1 aromatic rings. The van der Waals surface area contributed by atoms with Crippen molar-refractivity contribution in [2.24, 2.45) is 0 Å². The number of nitrogens with zero attached hydrogens (tertiary/aromatic N) is 1. The maximum Gasteiger partial charge on any atom is 0.335 e. The summed E-state index contributed by atoms with van der Waals surface area (Å²) >= 11 is 0. The second-order valence-corrected chi connectivity index (χ2v) is 2.37. The lowest BCUT2D eigenvalue weighted by atomic mass is 10.2. The van der Waals surface area contributed by atoms with E-state index >= 15 is 0 Å². The number of hydrogen-bond donors (Lipinski definition) is 3. The molecule has 13 heavy (non-hydrogen) atoms. The molecule has 3 N–H and O–H groups in total. The third kappa shape index (κ3) is 2.09. The van der Waals surface area contributed by atoms with Gasteiger partial charge >= 0.3 is 5.97 Å². The van der Waals surface area contributed by atoms with E-state index in [0.717, 1.165) is 0 Å². The summed E-state index contributed by atoms with van der Waals surface area (Å²) in [5, 5.41) is 24.4. The van der Waals surface area contributed by atoms with Crippen LogP contribution in [0.1, 0.15) is 16.1 Å². The van der Waals surface area contributed by atoms with Crippen LogP contribution in [0.2, 0.25) is 0 Å². The first-order valence-corrected chi connectivity index (χ1v) is 3.53. The zero-order valence-corrected chi connectivity index (χ0v) is 6.69. The van der Waals surface area contributed by atoms with Gasteiger partial charge in [0.05, 0.1) is 23.6 Å². The zero-order valence-electron chi connectivity index (χ0n) is 6.69. The summed E-state index contributed by atoms with van der Waals surface area (Å²) in [5.74, 6) is -1.07. The topological polar surface area (TPSA) is 94.3 Å². The van der Waals surface area contributed by atoms with E-state index < -0.39 is 12.6 Å². The number of aliphatic hydroxyl groups is 1. The van der Waals surface area contributed by atoms with E-state index in [2.05, 4.69) is 4.98 Å². The van der Waals surface area contributed by atoms with Gasteiger partial charge in [-0.25, -0.2) is 4.79 Å². The Balaban J connectivity index is 3.05. The summed E-state index contributed by atoms with van der Waals surface area (Å²) in [4.78, 5) is 14.2. The van der Waals surface area contributed by atoms with Gasteiger partial charge in [-0.2, -0.15) is 0 Å². The fourth-order valence-corrected chi connectivity index (χ4v) is 0.810. The summed E-state index contributed by atoms with van der Waals surface area (Å²) < 4.78 is 0. The molecular formula is C8H8N2O3. The molecule has 68 valence electrons. The Kier molecular flexibility index (Phi) is 2.71. The van der Waals surface area contributed by atoms with E-state index in [1.807, 2.05) is 0 Å². The smallest absolute Gasteiger partial charge is 0.335 e. The van der Waals surface area contributed by atoms with Gasteiger partial charge in [0.15, 0.2) is 0 Å². The maximum atomic E-state index is 10.5. The number of carbonyl (C=O) groups is 1. The standard InChI is InChI=1S/C8H8N2O3/c9-6(4-11)7-3-5(8(12)13)1-2-10-7/h1-3,9,11H,4H2,(H,12,13). The number of pyridine rings is 1. The van der Waals surface area contributed by atoms with Crippen molar-refractivity contribution in [2.45, 2.75) is 0 Å². The van der Waals surface area contributed by atoms with Gasteiger partial charge in [0.25, 0.3) is 0 Å². The number of aromatic carboxylic acids is 1. The molecule has 0 atom stereocenters. The van der Waals surface area contributed by atoms with Crippen molar-refractivity contribution >= 4 is 11.7 Å². The molecule has 5 nitrogen and oxygen atoms in total. The minimum absolute atomic E-state index is 0.0585. The lowest BCUT2D eigenvalue weighted by molar-refractivity contribution is 0.0696. The average molecular weight is 180 g/mol. The minimum atomic E-state index is -1.07. The summed E-state index contributed by atoms with van der Waals surface area (Å²) in [6, 6.07) is 2.58. The van der Waals surface area contributed by atoms with Gasteiger partial charge in [0.1, 0.15) is 0 Å². The maximum absolute atomic E-state index is 10.5. The first-order valence-electron chi connectivity index (χ1n) is 3.53. The first kappa shape index (κ1) is 9.34. The van der Waals surface area contributed by atoms with Crippen LogP contribution in [0, 0.1) is 5.41 Å². The number of rotatable bonds is 3. The minimum Gasteiger partial charge on any atom is -0.478 e. The van der Waals surface area contributed by atoms with Gasteiger partial charge in [-0.05, 0) is 12.1 Å². The Morgan fingerprint density at radius 2 is 2.31 bits per heavy atom. The van der Waals surface area contributed by atoms with Crippen molar-refractivity contribution in [3.63, 3.8) is 0 Å². The molecule has 0 saturated carbocycles. The zero-order chi connectivity index (χ0) is 9.84. The molecule has 0 aliphatic rings. The highest BCUT2D eigenvalue weighted by Gasteiger charge is 2.06. The molecule has 0 aliphatic carbocycles. The molecule has 0 spiro atoms. The summed E-state index contributed by atoms with van der Waals surface area (Å²) in [5.41, 5.74) is 0.147. The predicted molar refractivity (Wildman–Crippen MR) is 45.1 cm³/mol. The van der Waals surface area contributed by atoms with Crippen molar-refractivity contribution in [2.75, 3.05) is 6.61 Å². The molecule has 1 heterocycles. The summed E-state index contributed by atoms with van der Waals surface area (Å²) in [7, 11) is 0. The van der Waals surface area contributed by atoms with E-state index in [1.165, 1.54) is 18.3 Å². The third-order valence-electron chi connectivity index (χ3n) is 1.47. The van der Waals surface area contributed by atoms with E-state index in [4.69, 9.17) is 15.6 Å². The van der Waals surface area contributed by atoms with Crippen LogP contribution in [0.15, 0.2) is 18.3 Å². The number of aromatic nitrogens is 1. The molecule has 0 aromatic carbocycles. The van der Waals surface area contributed by atoms with E-state index in [9.17, 15) is 4.79 Å². The highest BCUT2D eigenvalue weighted by molar-refractivity contribution is 5.99. The van der Waals surface area contributed by atoms with Crippen molar-refractivity contribution in [1.82, 2.24) is 4.98 Å². The first-order chi connectivity index (χ1) is 6.15. The number of hydrogen-bond acceptors (Lipinski definition) is 4. The number of carboxylic acid groups (broad SMARTS) is 1. The molecule has 0 fully saturated rings. The summed E-state index contributed by atoms with van der Waals surface area (Å²) in [6.45, 7) is -0.448. The number of carboxylic acids is 1. The van der Waals surface area contributed by atoms with Crippen LogP contribution in [-0.4, -0.2) is 33.5 Å². The van der Waals surface area contributed by atoms with Crippen LogP contribution in [0.4, 0.5) is 0 Å². The van der Waals surface area contributed by atoms with Gasteiger partial charge in [-0.15, -0.1) is 0 Å². The molecule has 0 bridgehead atoms. The SMILES string of the molecule is N=C(CO)c1cc(C(=O)O)ccn1. The Hall–Kier alpha value is -1.75. The van der Waals surface area contributed by atoms with Crippen LogP contribution in [0.25, 0.3) is 0 Å². The number of nitrogens with one attached hydrogen (secondary N) is 1. The van der Waals surface area contributed by atoms with Crippen LogP contribution in [0.5, 0.6) is 0 Å². The molecule has 1 rings (SSSR count). The molecule has 1 aromatic heterocycles. The molecular weight excluding hydrogens is 172 g/mol. The number of aliphatic hydroxyl groups excluding tert-OH is 1. The Morgan fingerprint density at radius 1 is 1.62 bits per heavy atom. The van der Waals surface area contributed by atoms with E-state index in [0.29, 0.717) is 0 Å². The van der Waals surface area contributed by atoms with Gasteiger partial charge < -0.3 is 15.6 Å². The predicted octanol–water partition coefficient (Wildman–Crippen LogP) is 0.140. The van der Waals surface area contributed by atoms with Crippen molar-refractivity contribution in [1.29, 1.82) is 5.41 Å². The lowest BCUT2D eigenvalue weighted by Gasteiger charge is -1.99. The Labute approximate surface area is 74.2 Å². The highest BCUT2D eigenvalue weighted by Crippen LogP contribution is 2.02. The van der Waals surface area contributed by atoms with Gasteiger partial charge in [0.2, 0.25) is 0 Å². The second kappa shape index (κ2) is 3.77. The van der Waals surface area contributed by atoms with E-state index in [-0.39, 0.29) is 17.0 Å². The quantitative estimate of drug-likeness (QED) is 0.576. The second-order valence-electron chi connectivity index (χ2n) is 2.37. The van der Waals surface area contributed by atoms with Crippen molar-refractivity contribution in [3.05, 3.63) is 29.6 Å². The molecule has 0 radical (unpaired) electrons. The monoisotopic (exact) mass is 180 g/mol. The lowest BCUT2D eigenvalue weighted by Crippen LogP contribution is -2.08. The van der Waals surface area contributed by atoms with Gasteiger partial charge in [0, 0.05) is 6.20 Å². The molecule has 0 amide bonds. The van der Waals surface area contributed by atoms with Crippen LogP contribution in [-0.2, 0) is 0 Å². The fraction of sp³-hybridized carbons (Fsp3) is 0.125. The van der Waals surface area contributed by atoms with Crippen LogP contribution < -0.4 is 0 Å². The molecule has 0 aliphatic heterocycles. The fourth-order valence-electron chi connectivity index (χ4n) is 0.810. The van der Waals surface area contributed by atoms with Gasteiger partial charge in [-0.1, -0.05) is 0 Å². The largest absolute Gasteiger partial charge is 0.478 e. The Bertz CT molecular complexity index is 349.